The predicted molar refractivity (Wildman–Crippen MR) is 55.0 cm³/mol. The van der Waals surface area contributed by atoms with Gasteiger partial charge in [0.05, 0.1) is 0 Å². The lowest BCUT2D eigenvalue weighted by molar-refractivity contribution is -0.288. The third-order valence-corrected chi connectivity index (χ3v) is 2.07. The SMILES string of the molecule is C=CC(=O)OC(C)(C)OC1CCCCO1. The fourth-order valence-electron chi connectivity index (χ4n) is 1.43. The summed E-state index contributed by atoms with van der Waals surface area (Å²) < 4.78 is 16.0. The number of esters is 1. The van der Waals surface area contributed by atoms with Gasteiger partial charge in [0.25, 0.3) is 0 Å². The molecule has 1 fully saturated rings. The van der Waals surface area contributed by atoms with Crippen LogP contribution in [0.25, 0.3) is 0 Å². The van der Waals surface area contributed by atoms with Crippen molar-refractivity contribution in [3.8, 4) is 0 Å². The molecule has 1 saturated heterocycles. The van der Waals surface area contributed by atoms with Crippen LogP contribution in [-0.2, 0) is 19.0 Å². The Hall–Kier alpha value is -0.870. The first kappa shape index (κ1) is 12.2. The van der Waals surface area contributed by atoms with Crippen molar-refractivity contribution >= 4 is 5.97 Å². The summed E-state index contributed by atoms with van der Waals surface area (Å²) in [7, 11) is 0. The van der Waals surface area contributed by atoms with Crippen molar-refractivity contribution in [3.63, 3.8) is 0 Å². The van der Waals surface area contributed by atoms with Crippen LogP contribution >= 0.6 is 0 Å². The molecule has 0 aromatic heterocycles. The Morgan fingerprint density at radius 3 is 2.80 bits per heavy atom. The van der Waals surface area contributed by atoms with Gasteiger partial charge >= 0.3 is 5.97 Å². The van der Waals surface area contributed by atoms with E-state index in [2.05, 4.69) is 6.58 Å². The van der Waals surface area contributed by atoms with Gasteiger partial charge in [-0.25, -0.2) is 4.79 Å². The number of ether oxygens (including phenoxy) is 3. The van der Waals surface area contributed by atoms with E-state index in [0.717, 1.165) is 25.3 Å². The maximum atomic E-state index is 11.0. The van der Waals surface area contributed by atoms with E-state index >= 15 is 0 Å². The minimum atomic E-state index is -0.965. The zero-order valence-corrected chi connectivity index (χ0v) is 9.32. The monoisotopic (exact) mass is 214 g/mol. The topological polar surface area (TPSA) is 44.8 Å². The van der Waals surface area contributed by atoms with Gasteiger partial charge in [0.1, 0.15) is 0 Å². The van der Waals surface area contributed by atoms with Crippen molar-refractivity contribution in [2.24, 2.45) is 0 Å². The zero-order valence-electron chi connectivity index (χ0n) is 9.32. The number of hydrogen-bond donors (Lipinski definition) is 0. The van der Waals surface area contributed by atoms with Crippen LogP contribution < -0.4 is 0 Å². The van der Waals surface area contributed by atoms with E-state index in [9.17, 15) is 4.79 Å². The Balaban J connectivity index is 2.39. The third-order valence-electron chi connectivity index (χ3n) is 2.07. The first-order valence-electron chi connectivity index (χ1n) is 5.18. The maximum Gasteiger partial charge on any atom is 0.332 e. The molecule has 0 aromatic carbocycles. The lowest BCUT2D eigenvalue weighted by Gasteiger charge is -2.31. The van der Waals surface area contributed by atoms with E-state index in [1.54, 1.807) is 13.8 Å². The summed E-state index contributed by atoms with van der Waals surface area (Å²) in [6.45, 7) is 7.41. The Morgan fingerprint density at radius 1 is 1.53 bits per heavy atom. The molecule has 86 valence electrons. The van der Waals surface area contributed by atoms with Crippen molar-refractivity contribution in [1.29, 1.82) is 0 Å². The van der Waals surface area contributed by atoms with E-state index in [4.69, 9.17) is 14.2 Å². The summed E-state index contributed by atoms with van der Waals surface area (Å²) in [5.41, 5.74) is 0. The molecule has 0 aromatic rings. The van der Waals surface area contributed by atoms with Crippen LogP contribution in [0.3, 0.4) is 0 Å². The van der Waals surface area contributed by atoms with E-state index < -0.39 is 11.8 Å². The molecule has 4 heteroatoms. The summed E-state index contributed by atoms with van der Waals surface area (Å²) in [6.07, 6.45) is 3.83. The van der Waals surface area contributed by atoms with Crippen LogP contribution in [-0.4, -0.2) is 24.7 Å². The van der Waals surface area contributed by atoms with Gasteiger partial charge in [-0.1, -0.05) is 6.58 Å². The van der Waals surface area contributed by atoms with Crippen LogP contribution in [0.15, 0.2) is 12.7 Å². The molecular formula is C11H18O4. The van der Waals surface area contributed by atoms with Gasteiger partial charge in [-0.3, -0.25) is 0 Å². The zero-order chi connectivity index (χ0) is 11.3. The highest BCUT2D eigenvalue weighted by Gasteiger charge is 2.28. The van der Waals surface area contributed by atoms with Gasteiger partial charge in [0.2, 0.25) is 5.79 Å². The van der Waals surface area contributed by atoms with Crippen molar-refractivity contribution in [2.75, 3.05) is 6.61 Å². The molecule has 1 unspecified atom stereocenters. The number of carbonyl (C=O) groups is 1. The largest absolute Gasteiger partial charge is 0.430 e. The van der Waals surface area contributed by atoms with Crippen LogP contribution in [0.4, 0.5) is 0 Å². The van der Waals surface area contributed by atoms with Crippen LogP contribution in [0.5, 0.6) is 0 Å². The van der Waals surface area contributed by atoms with Crippen LogP contribution in [0, 0.1) is 0 Å². The van der Waals surface area contributed by atoms with E-state index in [0.29, 0.717) is 6.61 Å². The van der Waals surface area contributed by atoms with Gasteiger partial charge in [-0.15, -0.1) is 0 Å². The van der Waals surface area contributed by atoms with E-state index in [1.165, 1.54) is 0 Å². The number of carbonyl (C=O) groups excluding carboxylic acids is 1. The van der Waals surface area contributed by atoms with E-state index in [-0.39, 0.29) is 6.29 Å². The second-order valence-corrected chi connectivity index (χ2v) is 3.94. The molecule has 1 heterocycles. The lowest BCUT2D eigenvalue weighted by Crippen LogP contribution is -2.37. The first-order chi connectivity index (χ1) is 7.03. The molecule has 1 aliphatic heterocycles. The summed E-state index contributed by atoms with van der Waals surface area (Å²) in [5, 5.41) is 0. The molecule has 0 saturated carbocycles. The Labute approximate surface area is 90.2 Å². The van der Waals surface area contributed by atoms with Gasteiger partial charge in [-0.05, 0) is 19.3 Å². The van der Waals surface area contributed by atoms with Crippen molar-refractivity contribution in [2.45, 2.75) is 45.2 Å². The molecule has 0 aliphatic carbocycles. The minimum absolute atomic E-state index is 0.272. The van der Waals surface area contributed by atoms with Crippen LogP contribution in [0.2, 0.25) is 0 Å². The van der Waals surface area contributed by atoms with Crippen molar-refractivity contribution < 1.29 is 19.0 Å². The minimum Gasteiger partial charge on any atom is -0.430 e. The van der Waals surface area contributed by atoms with Gasteiger partial charge in [0, 0.05) is 26.5 Å². The molecule has 1 aliphatic rings. The Kier molecular flexibility index (Phi) is 4.29. The lowest BCUT2D eigenvalue weighted by atomic mass is 10.2. The summed E-state index contributed by atoms with van der Waals surface area (Å²) >= 11 is 0. The molecule has 0 N–H and O–H groups in total. The molecule has 15 heavy (non-hydrogen) atoms. The van der Waals surface area contributed by atoms with E-state index in [1.807, 2.05) is 0 Å². The average Bonchev–Trinajstić information content (AvgIpc) is 2.17. The highest BCUT2D eigenvalue weighted by Crippen LogP contribution is 2.21. The Bertz CT molecular complexity index is 229. The molecule has 0 bridgehead atoms. The predicted octanol–water partition coefficient (Wildman–Crippen LogP) is 1.99. The average molecular weight is 214 g/mol. The summed E-state index contributed by atoms with van der Waals surface area (Å²) in [6, 6.07) is 0. The van der Waals surface area contributed by atoms with Gasteiger partial charge in [-0.2, -0.15) is 0 Å². The second-order valence-electron chi connectivity index (χ2n) is 3.94. The molecule has 4 nitrogen and oxygen atoms in total. The Morgan fingerprint density at radius 2 is 2.27 bits per heavy atom. The van der Waals surface area contributed by atoms with Crippen molar-refractivity contribution in [3.05, 3.63) is 12.7 Å². The quantitative estimate of drug-likeness (QED) is 0.408. The van der Waals surface area contributed by atoms with Crippen LogP contribution in [0.1, 0.15) is 33.1 Å². The molecule has 0 spiro atoms. The van der Waals surface area contributed by atoms with Crippen molar-refractivity contribution in [1.82, 2.24) is 0 Å². The fraction of sp³-hybridized carbons (Fsp3) is 0.727. The molecule has 1 rings (SSSR count). The molecule has 0 amide bonds. The van der Waals surface area contributed by atoms with Gasteiger partial charge < -0.3 is 14.2 Å². The standard InChI is InChI=1S/C11H18O4/c1-4-9(12)14-11(2,3)15-10-7-5-6-8-13-10/h4,10H,1,5-8H2,2-3H3. The smallest absolute Gasteiger partial charge is 0.332 e. The fourth-order valence-corrected chi connectivity index (χ4v) is 1.43. The number of hydrogen-bond acceptors (Lipinski definition) is 4. The normalized spacial score (nSPS) is 22.1. The second kappa shape index (κ2) is 5.28. The highest BCUT2D eigenvalue weighted by molar-refractivity contribution is 5.81. The summed E-state index contributed by atoms with van der Waals surface area (Å²) in [4.78, 5) is 11.0. The summed E-state index contributed by atoms with van der Waals surface area (Å²) in [5.74, 6) is -1.45. The first-order valence-corrected chi connectivity index (χ1v) is 5.18. The molecular weight excluding hydrogens is 196 g/mol. The number of rotatable bonds is 4. The maximum absolute atomic E-state index is 11.0. The highest BCUT2D eigenvalue weighted by atomic mass is 16.8. The third kappa shape index (κ3) is 4.44. The van der Waals surface area contributed by atoms with Gasteiger partial charge in [0.15, 0.2) is 6.29 Å². The molecule has 0 radical (unpaired) electrons. The molecule has 1 atom stereocenters.